The highest BCUT2D eigenvalue weighted by atomic mass is 79.9. The lowest BCUT2D eigenvalue weighted by Crippen LogP contribution is -2.11. The van der Waals surface area contributed by atoms with Gasteiger partial charge in [-0.3, -0.25) is 4.79 Å². The first-order valence-corrected chi connectivity index (χ1v) is 6.55. The van der Waals surface area contributed by atoms with Crippen LogP contribution in [0.25, 0.3) is 10.8 Å². The highest BCUT2D eigenvalue weighted by Gasteiger charge is 2.20. The zero-order valence-electron chi connectivity index (χ0n) is 9.80. The van der Waals surface area contributed by atoms with Crippen LogP contribution in [-0.2, 0) is 9.53 Å². The van der Waals surface area contributed by atoms with Crippen LogP contribution in [0.5, 0.6) is 0 Å². The second-order valence-electron chi connectivity index (χ2n) is 3.85. The summed E-state index contributed by atoms with van der Waals surface area (Å²) in [5.41, 5.74) is 0.919. The van der Waals surface area contributed by atoms with E-state index in [4.69, 9.17) is 4.74 Å². The SMILES string of the molecule is C=CCOC(=O)[C@H](Br)c1cccc2ccccc12. The summed E-state index contributed by atoms with van der Waals surface area (Å²) < 4.78 is 5.05. The normalized spacial score (nSPS) is 12.1. The van der Waals surface area contributed by atoms with Gasteiger partial charge in [-0.1, -0.05) is 71.0 Å². The molecule has 0 unspecified atom stereocenters. The predicted molar refractivity (Wildman–Crippen MR) is 76.8 cm³/mol. The number of ether oxygens (including phenoxy) is 1. The van der Waals surface area contributed by atoms with E-state index >= 15 is 0 Å². The van der Waals surface area contributed by atoms with Gasteiger partial charge in [0, 0.05) is 0 Å². The Morgan fingerprint density at radius 3 is 2.78 bits per heavy atom. The second kappa shape index (κ2) is 5.83. The van der Waals surface area contributed by atoms with E-state index in [1.807, 2.05) is 42.5 Å². The number of carbonyl (C=O) groups is 1. The van der Waals surface area contributed by atoms with E-state index in [2.05, 4.69) is 22.5 Å². The molecule has 0 aliphatic heterocycles. The van der Waals surface area contributed by atoms with E-state index < -0.39 is 4.83 Å². The molecule has 2 aromatic rings. The van der Waals surface area contributed by atoms with Gasteiger partial charge in [0.2, 0.25) is 0 Å². The predicted octanol–water partition coefficient (Wildman–Crippen LogP) is 4.01. The maximum absolute atomic E-state index is 11.8. The lowest BCUT2D eigenvalue weighted by Gasteiger charge is -2.12. The van der Waals surface area contributed by atoms with E-state index in [9.17, 15) is 4.79 Å². The molecule has 0 saturated heterocycles. The smallest absolute Gasteiger partial charge is 0.324 e. The van der Waals surface area contributed by atoms with Crippen LogP contribution in [0.15, 0.2) is 55.1 Å². The fraction of sp³-hybridized carbons (Fsp3) is 0.133. The minimum absolute atomic E-state index is 0.228. The van der Waals surface area contributed by atoms with Crippen molar-refractivity contribution in [3.8, 4) is 0 Å². The summed E-state index contributed by atoms with van der Waals surface area (Å²) in [7, 11) is 0. The van der Waals surface area contributed by atoms with Gasteiger partial charge in [-0.2, -0.15) is 0 Å². The Kier molecular flexibility index (Phi) is 4.15. The maximum Gasteiger partial charge on any atom is 0.324 e. The van der Waals surface area contributed by atoms with Gasteiger partial charge in [-0.25, -0.2) is 0 Å². The zero-order valence-corrected chi connectivity index (χ0v) is 11.4. The lowest BCUT2D eigenvalue weighted by atomic mass is 10.0. The molecule has 0 N–H and O–H groups in total. The molecule has 0 fully saturated rings. The Morgan fingerprint density at radius 1 is 1.28 bits per heavy atom. The Labute approximate surface area is 114 Å². The highest BCUT2D eigenvalue weighted by molar-refractivity contribution is 9.09. The van der Waals surface area contributed by atoms with Crippen LogP contribution < -0.4 is 0 Å². The van der Waals surface area contributed by atoms with Gasteiger partial charge in [-0.15, -0.1) is 0 Å². The standard InChI is InChI=1S/C15H13BrO2/c1-2-10-18-15(17)14(16)13-9-5-7-11-6-3-4-8-12(11)13/h2-9,14H,1,10H2/t14-/m1/s1. The quantitative estimate of drug-likeness (QED) is 0.485. The van der Waals surface area contributed by atoms with Gasteiger partial charge < -0.3 is 4.74 Å². The number of esters is 1. The molecule has 0 amide bonds. The fourth-order valence-corrected chi connectivity index (χ4v) is 2.34. The summed E-state index contributed by atoms with van der Waals surface area (Å²) in [5.74, 6) is -0.300. The minimum Gasteiger partial charge on any atom is -0.460 e. The van der Waals surface area contributed by atoms with Crippen LogP contribution in [-0.4, -0.2) is 12.6 Å². The van der Waals surface area contributed by atoms with Crippen LogP contribution in [0.3, 0.4) is 0 Å². The average molecular weight is 305 g/mol. The molecule has 0 bridgehead atoms. The van der Waals surface area contributed by atoms with E-state index in [-0.39, 0.29) is 12.6 Å². The van der Waals surface area contributed by atoms with E-state index in [0.29, 0.717) is 0 Å². The largest absolute Gasteiger partial charge is 0.460 e. The van der Waals surface area contributed by atoms with Crippen molar-refractivity contribution in [2.45, 2.75) is 4.83 Å². The Bertz CT molecular complexity index is 572. The molecule has 1 atom stereocenters. The molecule has 18 heavy (non-hydrogen) atoms. The number of hydrogen-bond donors (Lipinski definition) is 0. The monoisotopic (exact) mass is 304 g/mol. The molecule has 2 rings (SSSR count). The number of alkyl halides is 1. The lowest BCUT2D eigenvalue weighted by molar-refractivity contribution is -0.141. The van der Waals surface area contributed by atoms with Crippen molar-refractivity contribution in [2.24, 2.45) is 0 Å². The van der Waals surface area contributed by atoms with Crippen molar-refractivity contribution in [2.75, 3.05) is 6.61 Å². The first-order valence-electron chi connectivity index (χ1n) is 5.63. The Morgan fingerprint density at radius 2 is 2.00 bits per heavy atom. The molecule has 0 heterocycles. The molecule has 0 aromatic heterocycles. The summed E-state index contributed by atoms with van der Waals surface area (Å²) in [4.78, 5) is 11.4. The molecule has 0 aliphatic carbocycles. The van der Waals surface area contributed by atoms with Crippen LogP contribution in [0.2, 0.25) is 0 Å². The zero-order chi connectivity index (χ0) is 13.0. The topological polar surface area (TPSA) is 26.3 Å². The van der Waals surface area contributed by atoms with Gasteiger partial charge in [0.25, 0.3) is 0 Å². The molecule has 2 nitrogen and oxygen atoms in total. The van der Waals surface area contributed by atoms with E-state index in [1.54, 1.807) is 6.08 Å². The van der Waals surface area contributed by atoms with Gasteiger partial charge in [0.1, 0.15) is 11.4 Å². The summed E-state index contributed by atoms with van der Waals surface area (Å²) in [6.07, 6.45) is 1.56. The van der Waals surface area contributed by atoms with Gasteiger partial charge in [0.05, 0.1) is 0 Å². The molecule has 92 valence electrons. The van der Waals surface area contributed by atoms with Crippen molar-refractivity contribution in [1.29, 1.82) is 0 Å². The molecule has 3 heteroatoms. The molecule has 0 aliphatic rings. The van der Waals surface area contributed by atoms with E-state index in [0.717, 1.165) is 16.3 Å². The van der Waals surface area contributed by atoms with Crippen molar-refractivity contribution in [1.82, 2.24) is 0 Å². The first kappa shape index (κ1) is 12.8. The molecular formula is C15H13BrO2. The molecule has 0 saturated carbocycles. The third-order valence-electron chi connectivity index (χ3n) is 2.65. The van der Waals surface area contributed by atoms with Crippen molar-refractivity contribution in [3.63, 3.8) is 0 Å². The van der Waals surface area contributed by atoms with E-state index in [1.165, 1.54) is 0 Å². The fourth-order valence-electron chi connectivity index (χ4n) is 1.81. The Balaban J connectivity index is 2.35. The van der Waals surface area contributed by atoms with Crippen LogP contribution in [0.1, 0.15) is 10.4 Å². The third kappa shape index (κ3) is 2.62. The minimum atomic E-state index is -0.455. The van der Waals surface area contributed by atoms with Crippen LogP contribution in [0.4, 0.5) is 0 Å². The number of benzene rings is 2. The summed E-state index contributed by atoms with van der Waals surface area (Å²) in [5, 5.41) is 2.16. The Hall–Kier alpha value is -1.61. The third-order valence-corrected chi connectivity index (χ3v) is 3.51. The molecule has 0 radical (unpaired) electrons. The molecular weight excluding hydrogens is 292 g/mol. The number of halogens is 1. The summed E-state index contributed by atoms with van der Waals surface area (Å²) in [6, 6.07) is 13.8. The maximum atomic E-state index is 11.8. The number of fused-ring (bicyclic) bond motifs is 1. The average Bonchev–Trinajstić information content (AvgIpc) is 2.43. The second-order valence-corrected chi connectivity index (χ2v) is 4.77. The van der Waals surface area contributed by atoms with Crippen molar-refractivity contribution >= 4 is 32.7 Å². The van der Waals surface area contributed by atoms with Crippen LogP contribution in [0, 0.1) is 0 Å². The van der Waals surface area contributed by atoms with Gasteiger partial charge >= 0.3 is 5.97 Å². The summed E-state index contributed by atoms with van der Waals surface area (Å²) in [6.45, 7) is 3.75. The summed E-state index contributed by atoms with van der Waals surface area (Å²) >= 11 is 3.39. The van der Waals surface area contributed by atoms with Crippen molar-refractivity contribution < 1.29 is 9.53 Å². The number of carbonyl (C=O) groups excluding carboxylic acids is 1. The van der Waals surface area contributed by atoms with Gasteiger partial charge in [0.15, 0.2) is 0 Å². The van der Waals surface area contributed by atoms with Crippen molar-refractivity contribution in [3.05, 3.63) is 60.7 Å². The van der Waals surface area contributed by atoms with Crippen LogP contribution >= 0.6 is 15.9 Å². The first-order chi connectivity index (χ1) is 8.74. The number of rotatable bonds is 4. The van der Waals surface area contributed by atoms with Gasteiger partial charge in [-0.05, 0) is 16.3 Å². The molecule has 0 spiro atoms. The highest BCUT2D eigenvalue weighted by Crippen LogP contribution is 2.30. The molecule has 2 aromatic carbocycles. The number of hydrogen-bond acceptors (Lipinski definition) is 2.